The third kappa shape index (κ3) is 7.26. The molecular weight excluding hydrogens is 637 g/mol. The second kappa shape index (κ2) is 13.8. The van der Waals surface area contributed by atoms with Gasteiger partial charge in [-0.15, -0.1) is 30.6 Å². The van der Waals surface area contributed by atoms with Crippen LogP contribution in [0, 0.1) is 23.5 Å². The van der Waals surface area contributed by atoms with Gasteiger partial charge in [0.05, 0.1) is 11.5 Å². The average Bonchev–Trinajstić information content (AvgIpc) is 3.82. The predicted molar refractivity (Wildman–Crippen MR) is 171 cm³/mol. The van der Waals surface area contributed by atoms with Gasteiger partial charge < -0.3 is 8.83 Å². The molecule has 4 heterocycles. The van der Waals surface area contributed by atoms with E-state index in [4.69, 9.17) is 33.3 Å². The summed E-state index contributed by atoms with van der Waals surface area (Å²) in [5.41, 5.74) is 4.39. The molecule has 44 heavy (non-hydrogen) atoms. The third-order valence-corrected chi connectivity index (χ3v) is 8.83. The Balaban J connectivity index is 1.16. The van der Waals surface area contributed by atoms with E-state index >= 15 is 0 Å². The van der Waals surface area contributed by atoms with Crippen molar-refractivity contribution < 1.29 is 8.83 Å². The summed E-state index contributed by atoms with van der Waals surface area (Å²) in [5, 5.41) is 33.2. The van der Waals surface area contributed by atoms with Crippen molar-refractivity contribution >= 4 is 48.0 Å². The first-order chi connectivity index (χ1) is 21.4. The molecule has 0 aliphatic carbocycles. The third-order valence-electron chi connectivity index (χ3n) is 6.65. The summed E-state index contributed by atoms with van der Waals surface area (Å²) in [6, 6.07) is 16.7. The molecule has 2 aromatic carbocycles. The zero-order valence-corrected chi connectivity index (χ0v) is 27.2. The fraction of sp³-hybridized carbons (Fsp3) is 0.286. The van der Waals surface area contributed by atoms with Crippen molar-refractivity contribution in [3.8, 4) is 11.4 Å². The number of unbranched alkanes of at least 4 members (excludes halogenated alkanes) is 1. The SMILES string of the molecule is Cc1ccc(-n2c(CCCCc3nnc(SCc4n[nH]c(=S)o4)n3-c3ccc(C)cc3)nnc2SCc2n[nH]c(=S)o2)cc1. The van der Waals surface area contributed by atoms with Crippen LogP contribution < -0.4 is 0 Å². The normalized spacial score (nSPS) is 11.4. The summed E-state index contributed by atoms with van der Waals surface area (Å²) in [4.78, 5) is 0.508. The second-order valence-electron chi connectivity index (χ2n) is 9.94. The van der Waals surface area contributed by atoms with Crippen molar-refractivity contribution in [1.29, 1.82) is 0 Å². The molecule has 0 fully saturated rings. The average molecular weight is 665 g/mol. The second-order valence-corrected chi connectivity index (χ2v) is 12.6. The Hall–Kier alpha value is -3.86. The van der Waals surface area contributed by atoms with Crippen molar-refractivity contribution in [1.82, 2.24) is 49.9 Å². The molecule has 6 aromatic rings. The number of nitrogens with one attached hydrogen (secondary N) is 2. The highest BCUT2D eigenvalue weighted by molar-refractivity contribution is 7.98. The van der Waals surface area contributed by atoms with Gasteiger partial charge in [0.25, 0.3) is 9.67 Å². The van der Waals surface area contributed by atoms with Crippen LogP contribution in [0.25, 0.3) is 11.4 Å². The minimum absolute atomic E-state index is 0.254. The van der Waals surface area contributed by atoms with E-state index in [-0.39, 0.29) is 9.67 Å². The van der Waals surface area contributed by atoms with Crippen LogP contribution in [0.1, 0.15) is 47.4 Å². The molecule has 226 valence electrons. The maximum absolute atomic E-state index is 5.42. The molecule has 0 radical (unpaired) electrons. The lowest BCUT2D eigenvalue weighted by Crippen LogP contribution is -2.05. The number of hydrogen-bond acceptors (Lipinski definition) is 12. The Bertz CT molecular complexity index is 1810. The van der Waals surface area contributed by atoms with Crippen molar-refractivity contribution in [2.75, 3.05) is 0 Å². The maximum Gasteiger partial charge on any atom is 0.284 e. The zero-order valence-electron chi connectivity index (χ0n) is 23.9. The molecule has 16 heteroatoms. The van der Waals surface area contributed by atoms with Crippen molar-refractivity contribution in [2.45, 2.75) is 61.3 Å². The van der Waals surface area contributed by atoms with Crippen LogP contribution in [0.15, 0.2) is 67.7 Å². The first-order valence-electron chi connectivity index (χ1n) is 13.8. The molecule has 0 aliphatic rings. The molecule has 0 aliphatic heterocycles. The Morgan fingerprint density at radius 2 is 1.05 bits per heavy atom. The highest BCUT2D eigenvalue weighted by Crippen LogP contribution is 2.28. The maximum atomic E-state index is 5.42. The van der Waals surface area contributed by atoms with Crippen LogP contribution in [0.2, 0.25) is 0 Å². The summed E-state index contributed by atoms with van der Waals surface area (Å²) in [6.07, 6.45) is 3.27. The van der Waals surface area contributed by atoms with E-state index in [1.54, 1.807) is 0 Å². The first kappa shape index (κ1) is 30.2. The largest absolute Gasteiger partial charge is 0.413 e. The zero-order chi connectivity index (χ0) is 30.5. The van der Waals surface area contributed by atoms with E-state index in [9.17, 15) is 0 Å². The lowest BCUT2D eigenvalue weighted by molar-refractivity contribution is 0.500. The number of H-pyrrole nitrogens is 2. The van der Waals surface area contributed by atoms with Gasteiger partial charge in [0.15, 0.2) is 10.3 Å². The molecule has 2 N–H and O–H groups in total. The van der Waals surface area contributed by atoms with Gasteiger partial charge in [0.1, 0.15) is 11.6 Å². The number of benzene rings is 2. The number of nitrogens with zero attached hydrogens (tertiary/aromatic N) is 8. The smallest absolute Gasteiger partial charge is 0.284 e. The lowest BCUT2D eigenvalue weighted by Gasteiger charge is -2.11. The van der Waals surface area contributed by atoms with Crippen LogP contribution in [-0.4, -0.2) is 49.9 Å². The van der Waals surface area contributed by atoms with Gasteiger partial charge in [0, 0.05) is 24.2 Å². The minimum Gasteiger partial charge on any atom is -0.413 e. The van der Waals surface area contributed by atoms with Crippen LogP contribution >= 0.6 is 48.0 Å². The van der Waals surface area contributed by atoms with Gasteiger partial charge >= 0.3 is 0 Å². The summed E-state index contributed by atoms with van der Waals surface area (Å²) in [6.45, 7) is 4.14. The highest BCUT2D eigenvalue weighted by Gasteiger charge is 2.18. The van der Waals surface area contributed by atoms with Crippen LogP contribution in [0.5, 0.6) is 0 Å². The number of rotatable bonds is 13. The van der Waals surface area contributed by atoms with Crippen LogP contribution in [0.4, 0.5) is 0 Å². The quantitative estimate of drug-likeness (QED) is 0.0769. The summed E-state index contributed by atoms with van der Waals surface area (Å²) < 4.78 is 15.1. The van der Waals surface area contributed by atoms with E-state index in [1.165, 1.54) is 34.7 Å². The Morgan fingerprint density at radius 1 is 0.636 bits per heavy atom. The number of aromatic nitrogens is 10. The topological polar surface area (TPSA) is 145 Å². The lowest BCUT2D eigenvalue weighted by atomic mass is 10.1. The Labute approximate surface area is 271 Å². The molecule has 0 bridgehead atoms. The van der Waals surface area contributed by atoms with E-state index in [1.807, 2.05) is 0 Å². The standard InChI is InChI=1S/C28H28N10O2S4/c1-17-7-11-19(12-8-17)37-21(29-33-25(37)43-15-23-31-35-27(41)39-23)5-3-4-6-22-30-34-26(44-16-24-32-36-28(42)40-24)38(22)20-13-9-18(2)10-14-20/h7-14H,3-6,15-16H2,1-2H3,(H,35,41)(H,36,42). The molecule has 0 saturated carbocycles. The molecule has 4 aromatic heterocycles. The van der Waals surface area contributed by atoms with Gasteiger partial charge in [-0.25, -0.2) is 10.2 Å². The first-order valence-corrected chi connectivity index (χ1v) is 16.6. The molecule has 0 unspecified atom stereocenters. The minimum atomic E-state index is 0.254. The Morgan fingerprint density at radius 3 is 1.41 bits per heavy atom. The summed E-state index contributed by atoms with van der Waals surface area (Å²) >= 11 is 13.0. The molecule has 0 atom stereocenters. The van der Waals surface area contributed by atoms with Crippen molar-refractivity contribution in [3.63, 3.8) is 0 Å². The molecule has 6 rings (SSSR count). The number of hydrogen-bond donors (Lipinski definition) is 2. The number of aromatic amines is 2. The van der Waals surface area contributed by atoms with E-state index < -0.39 is 0 Å². The van der Waals surface area contributed by atoms with Crippen LogP contribution in [-0.2, 0) is 24.3 Å². The molecule has 0 spiro atoms. The molecule has 0 saturated heterocycles. The van der Waals surface area contributed by atoms with Gasteiger partial charge in [-0.2, -0.15) is 0 Å². The fourth-order valence-corrected chi connectivity index (χ4v) is 6.39. The van der Waals surface area contributed by atoms with Crippen molar-refractivity contribution in [2.24, 2.45) is 0 Å². The van der Waals surface area contributed by atoms with Crippen LogP contribution in [0.3, 0.4) is 0 Å². The predicted octanol–water partition coefficient (Wildman–Crippen LogP) is 6.71. The fourth-order valence-electron chi connectivity index (χ4n) is 4.48. The molecule has 12 nitrogen and oxygen atoms in total. The van der Waals surface area contributed by atoms with Gasteiger partial charge in [0.2, 0.25) is 11.8 Å². The monoisotopic (exact) mass is 664 g/mol. The van der Waals surface area contributed by atoms with Gasteiger partial charge in [-0.05, 0) is 75.4 Å². The van der Waals surface area contributed by atoms with Gasteiger partial charge in [-0.3, -0.25) is 9.13 Å². The van der Waals surface area contributed by atoms with Crippen molar-refractivity contribution in [3.05, 3.63) is 92.8 Å². The number of thioether (sulfide) groups is 2. The Kier molecular flexibility index (Phi) is 9.49. The molecular formula is C28H28N10O2S4. The number of aryl methyl sites for hydroxylation is 4. The highest BCUT2D eigenvalue weighted by atomic mass is 32.2. The van der Waals surface area contributed by atoms with E-state index in [0.29, 0.717) is 23.3 Å². The summed E-state index contributed by atoms with van der Waals surface area (Å²) in [7, 11) is 0. The van der Waals surface area contributed by atoms with Gasteiger partial charge in [-0.1, -0.05) is 58.9 Å². The van der Waals surface area contributed by atoms with E-state index in [0.717, 1.165) is 59.0 Å². The van der Waals surface area contributed by atoms with E-state index in [2.05, 4.69) is 112 Å². The summed E-state index contributed by atoms with van der Waals surface area (Å²) in [5.74, 6) is 3.76. The molecule has 0 amide bonds.